The van der Waals surface area contributed by atoms with E-state index in [9.17, 15) is 9.59 Å². The minimum Gasteiger partial charge on any atom is -0.464 e. The molecular weight excluding hydrogens is 321 g/mol. The van der Waals surface area contributed by atoms with Crippen LogP contribution in [0.3, 0.4) is 0 Å². The normalized spacial score (nSPS) is 15.4. The van der Waals surface area contributed by atoms with Gasteiger partial charge in [0.15, 0.2) is 4.33 Å². The summed E-state index contributed by atoms with van der Waals surface area (Å²) in [5.41, 5.74) is 0. The molecule has 0 heterocycles. The smallest absolute Gasteiger partial charge is 0.336 e. The molecule has 0 rings (SSSR count). The Bertz CT molecular complexity index is 281. The monoisotopic (exact) mass is 328 g/mol. The van der Waals surface area contributed by atoms with E-state index in [1.165, 1.54) is 0 Å². The molecule has 0 saturated carbocycles. The molecule has 16 heavy (non-hydrogen) atoms. The van der Waals surface area contributed by atoms with Crippen LogP contribution in [-0.2, 0) is 14.3 Å². The number of esters is 1. The number of halogens is 5. The summed E-state index contributed by atoms with van der Waals surface area (Å²) in [6.45, 7) is 1.61. The number of carbonyl (C=O) groups is 2. The Balaban J connectivity index is 5.11. The van der Waals surface area contributed by atoms with E-state index in [-0.39, 0.29) is 6.61 Å². The van der Waals surface area contributed by atoms with Crippen molar-refractivity contribution < 1.29 is 14.3 Å². The van der Waals surface area contributed by atoms with Crippen molar-refractivity contribution >= 4 is 69.8 Å². The van der Waals surface area contributed by atoms with Crippen LogP contribution in [0.1, 0.15) is 6.92 Å². The van der Waals surface area contributed by atoms with E-state index < -0.39 is 32.7 Å². The summed E-state index contributed by atoms with van der Waals surface area (Å²) < 4.78 is 2.64. The standard InChI is InChI=1S/C8H9Cl5O3/c1-2-16-6(15)7(11,3-9)5(14)8(12,13)4-10/h2-4H2,1H3. The molecule has 0 radical (unpaired) electrons. The highest BCUT2D eigenvalue weighted by atomic mass is 35.5. The van der Waals surface area contributed by atoms with E-state index >= 15 is 0 Å². The summed E-state index contributed by atoms with van der Waals surface area (Å²) in [5, 5.41) is 0. The van der Waals surface area contributed by atoms with Crippen molar-refractivity contribution in [3.05, 3.63) is 0 Å². The number of hydrogen-bond acceptors (Lipinski definition) is 3. The quantitative estimate of drug-likeness (QED) is 0.427. The van der Waals surface area contributed by atoms with Crippen LogP contribution in [0.15, 0.2) is 0 Å². The van der Waals surface area contributed by atoms with Crippen molar-refractivity contribution in [2.75, 3.05) is 18.4 Å². The summed E-state index contributed by atoms with van der Waals surface area (Å²) >= 11 is 27.9. The Labute approximate surface area is 118 Å². The third-order valence-electron chi connectivity index (χ3n) is 1.64. The fraction of sp³-hybridized carbons (Fsp3) is 0.750. The zero-order valence-corrected chi connectivity index (χ0v) is 12.0. The first-order valence-corrected chi connectivity index (χ1v) is 6.37. The van der Waals surface area contributed by atoms with Gasteiger partial charge in [0.1, 0.15) is 0 Å². The van der Waals surface area contributed by atoms with Crippen LogP contribution in [0.25, 0.3) is 0 Å². The Kier molecular flexibility index (Phi) is 6.74. The Morgan fingerprint density at radius 2 is 1.62 bits per heavy atom. The molecule has 0 bridgehead atoms. The minimum absolute atomic E-state index is 0.0515. The maximum absolute atomic E-state index is 11.8. The van der Waals surface area contributed by atoms with Crippen molar-refractivity contribution in [3.63, 3.8) is 0 Å². The molecule has 1 unspecified atom stereocenters. The first kappa shape index (κ1) is 16.6. The molecule has 0 aromatic rings. The molecule has 0 aromatic carbocycles. The largest absolute Gasteiger partial charge is 0.464 e. The van der Waals surface area contributed by atoms with Crippen molar-refractivity contribution in [1.82, 2.24) is 0 Å². The molecule has 0 saturated heterocycles. The highest BCUT2D eigenvalue weighted by Gasteiger charge is 2.53. The number of alkyl halides is 5. The summed E-state index contributed by atoms with van der Waals surface area (Å²) in [4.78, 5) is 21.2. The number of carbonyl (C=O) groups excluding carboxylic acids is 2. The van der Waals surface area contributed by atoms with Gasteiger partial charge in [0.2, 0.25) is 10.7 Å². The van der Waals surface area contributed by atoms with Gasteiger partial charge in [-0.3, -0.25) is 4.79 Å². The van der Waals surface area contributed by atoms with Gasteiger partial charge < -0.3 is 4.74 Å². The molecule has 8 heteroatoms. The molecule has 0 N–H and O–H groups in total. The molecule has 3 nitrogen and oxygen atoms in total. The molecule has 94 valence electrons. The van der Waals surface area contributed by atoms with Gasteiger partial charge in [0.05, 0.1) is 18.4 Å². The lowest BCUT2D eigenvalue weighted by molar-refractivity contribution is -0.148. The zero-order valence-electron chi connectivity index (χ0n) is 8.24. The van der Waals surface area contributed by atoms with Gasteiger partial charge in [0.25, 0.3) is 0 Å². The summed E-state index contributed by atoms with van der Waals surface area (Å²) in [5.74, 6) is -2.91. The lowest BCUT2D eigenvalue weighted by Gasteiger charge is -2.26. The Morgan fingerprint density at radius 3 is 1.94 bits per heavy atom. The van der Waals surface area contributed by atoms with Gasteiger partial charge in [-0.1, -0.05) is 34.8 Å². The predicted octanol–water partition coefficient (Wildman–Crippen LogP) is 2.75. The van der Waals surface area contributed by atoms with Gasteiger partial charge in [-0.05, 0) is 6.92 Å². The fourth-order valence-electron chi connectivity index (χ4n) is 0.804. The highest BCUT2D eigenvalue weighted by molar-refractivity contribution is 6.66. The maximum atomic E-state index is 11.8. The lowest BCUT2D eigenvalue weighted by atomic mass is 10.0. The first-order valence-electron chi connectivity index (χ1n) is 4.17. The Hall–Kier alpha value is 0.590. The van der Waals surface area contributed by atoms with Gasteiger partial charge in [0, 0.05) is 0 Å². The third-order valence-corrected chi connectivity index (χ3v) is 3.93. The van der Waals surface area contributed by atoms with Gasteiger partial charge >= 0.3 is 5.97 Å². The molecule has 0 amide bonds. The first-order chi connectivity index (χ1) is 7.26. The molecule has 0 aromatic heterocycles. The van der Waals surface area contributed by atoms with Gasteiger partial charge in [-0.15, -0.1) is 23.2 Å². The van der Waals surface area contributed by atoms with Gasteiger partial charge in [-0.25, -0.2) is 4.79 Å². The van der Waals surface area contributed by atoms with Crippen LogP contribution in [0.2, 0.25) is 0 Å². The number of ketones is 1. The third kappa shape index (κ3) is 3.54. The second-order valence-electron chi connectivity index (χ2n) is 2.82. The second-order valence-corrected chi connectivity index (χ2v) is 5.49. The van der Waals surface area contributed by atoms with Crippen molar-refractivity contribution in [3.8, 4) is 0 Å². The fourth-order valence-corrected chi connectivity index (χ4v) is 1.79. The molecular formula is C8H9Cl5O3. The number of rotatable bonds is 6. The average molecular weight is 330 g/mol. The van der Waals surface area contributed by atoms with E-state index in [1.807, 2.05) is 0 Å². The van der Waals surface area contributed by atoms with E-state index in [2.05, 4.69) is 4.74 Å². The van der Waals surface area contributed by atoms with E-state index in [1.54, 1.807) is 6.92 Å². The van der Waals surface area contributed by atoms with Crippen LogP contribution in [0, 0.1) is 0 Å². The van der Waals surface area contributed by atoms with Crippen LogP contribution < -0.4 is 0 Å². The summed E-state index contributed by atoms with van der Waals surface area (Å²) in [7, 11) is 0. The second kappa shape index (κ2) is 6.50. The minimum atomic E-state index is -2.12. The number of hydrogen-bond donors (Lipinski definition) is 0. The SMILES string of the molecule is CCOC(=O)C(Cl)(CCl)C(=O)C(Cl)(Cl)CCl. The number of Topliss-reactive ketones (excluding diaryl/α,β-unsaturated/α-hetero) is 1. The molecule has 0 aliphatic rings. The highest BCUT2D eigenvalue weighted by Crippen LogP contribution is 2.34. The topological polar surface area (TPSA) is 43.4 Å². The van der Waals surface area contributed by atoms with E-state index in [0.29, 0.717) is 0 Å². The average Bonchev–Trinajstić information content (AvgIpc) is 2.27. The van der Waals surface area contributed by atoms with Gasteiger partial charge in [-0.2, -0.15) is 0 Å². The molecule has 0 spiro atoms. The molecule has 0 aliphatic carbocycles. The van der Waals surface area contributed by atoms with Crippen LogP contribution in [0.5, 0.6) is 0 Å². The predicted molar refractivity (Wildman–Crippen MR) is 66.1 cm³/mol. The van der Waals surface area contributed by atoms with E-state index in [0.717, 1.165) is 0 Å². The number of ether oxygens (including phenoxy) is 1. The van der Waals surface area contributed by atoms with Crippen LogP contribution >= 0.6 is 58.0 Å². The van der Waals surface area contributed by atoms with Crippen molar-refractivity contribution in [2.24, 2.45) is 0 Å². The molecule has 1 atom stereocenters. The zero-order chi connectivity index (χ0) is 13.0. The lowest BCUT2D eigenvalue weighted by Crippen LogP contribution is -2.52. The van der Waals surface area contributed by atoms with Crippen LogP contribution in [0.4, 0.5) is 0 Å². The molecule has 0 fully saturated rings. The van der Waals surface area contributed by atoms with Crippen molar-refractivity contribution in [2.45, 2.75) is 16.1 Å². The Morgan fingerprint density at radius 1 is 1.12 bits per heavy atom. The summed E-state index contributed by atoms with van der Waals surface area (Å²) in [6, 6.07) is 0. The van der Waals surface area contributed by atoms with Crippen LogP contribution in [-0.4, -0.2) is 39.3 Å². The van der Waals surface area contributed by atoms with E-state index in [4.69, 9.17) is 58.0 Å². The summed E-state index contributed by atoms with van der Waals surface area (Å²) in [6.07, 6.45) is 0. The molecule has 0 aliphatic heterocycles. The maximum Gasteiger partial charge on any atom is 0.336 e. The van der Waals surface area contributed by atoms with Crippen molar-refractivity contribution in [1.29, 1.82) is 0 Å².